The van der Waals surface area contributed by atoms with Gasteiger partial charge in [-0.15, -0.1) is 0 Å². The molecule has 0 aliphatic carbocycles. The minimum absolute atomic E-state index is 0.245. The van der Waals surface area contributed by atoms with E-state index in [2.05, 4.69) is 9.98 Å². The number of ether oxygens (including phenoxy) is 1. The van der Waals surface area contributed by atoms with Crippen LogP contribution in [0.1, 0.15) is 16.8 Å². The zero-order valence-corrected chi connectivity index (χ0v) is 19.1. The molecule has 1 saturated heterocycles. The Bertz CT molecular complexity index is 1330. The number of aliphatic hydroxyl groups excluding tert-OH is 1. The van der Waals surface area contributed by atoms with Gasteiger partial charge in [-0.2, -0.15) is 0 Å². The number of aliphatic imine (C=N–C) groups is 1. The average molecular weight is 461 g/mol. The molecule has 3 aromatic rings. The van der Waals surface area contributed by atoms with Crippen molar-refractivity contribution in [1.29, 1.82) is 0 Å². The summed E-state index contributed by atoms with van der Waals surface area (Å²) in [7, 11) is 3.40. The Labute approximate surface area is 196 Å². The summed E-state index contributed by atoms with van der Waals surface area (Å²) in [6, 6.07) is 11.4. The van der Waals surface area contributed by atoms with Gasteiger partial charge in [0.1, 0.15) is 22.8 Å². The number of rotatable bonds is 5. The quantitative estimate of drug-likeness (QED) is 0.591. The van der Waals surface area contributed by atoms with Crippen molar-refractivity contribution >= 4 is 17.9 Å². The number of likely N-dealkylation sites (N-methyl/N-ethyl adjacent to an activating group) is 1. The van der Waals surface area contributed by atoms with Gasteiger partial charge in [-0.05, 0) is 48.4 Å². The molecule has 2 aliphatic rings. The smallest absolute Gasteiger partial charge is 0.280 e. The first-order valence-corrected chi connectivity index (χ1v) is 10.8. The van der Waals surface area contributed by atoms with Crippen LogP contribution in [0.3, 0.4) is 0 Å². The third-order valence-corrected chi connectivity index (χ3v) is 6.25. The fourth-order valence-electron chi connectivity index (χ4n) is 4.58. The van der Waals surface area contributed by atoms with Gasteiger partial charge in [-0.3, -0.25) is 9.69 Å². The van der Waals surface area contributed by atoms with Gasteiger partial charge < -0.3 is 19.3 Å². The van der Waals surface area contributed by atoms with E-state index in [0.717, 1.165) is 16.9 Å². The van der Waals surface area contributed by atoms with Gasteiger partial charge in [0.2, 0.25) is 5.96 Å². The maximum absolute atomic E-state index is 13.5. The maximum Gasteiger partial charge on any atom is 0.280 e. The van der Waals surface area contributed by atoms with Gasteiger partial charge in [0.05, 0.1) is 38.0 Å². The standard InChI is InChI=1S/C25H24FN5O3/c1-16-12-30(15-27-16)21-9-4-17(11-22(21)34-3)10-20-23(33)31-24(28-20)29(2)13-25(31,14-32)18-5-7-19(26)8-6-18/h4-12,15,32H,13-14H2,1-3H3/b20-10-. The van der Waals surface area contributed by atoms with Gasteiger partial charge >= 0.3 is 0 Å². The Balaban J connectivity index is 1.52. The van der Waals surface area contributed by atoms with Crippen molar-refractivity contribution in [3.63, 3.8) is 0 Å². The van der Waals surface area contributed by atoms with Crippen molar-refractivity contribution in [2.45, 2.75) is 12.5 Å². The number of halogens is 1. The topological polar surface area (TPSA) is 83.2 Å². The van der Waals surface area contributed by atoms with Crippen molar-refractivity contribution < 1.29 is 19.0 Å². The molecular formula is C25H24FN5O3. The van der Waals surface area contributed by atoms with Crippen LogP contribution in [-0.2, 0) is 10.3 Å². The molecule has 34 heavy (non-hydrogen) atoms. The van der Waals surface area contributed by atoms with Crippen LogP contribution in [0.5, 0.6) is 5.75 Å². The Hall–Kier alpha value is -3.98. The van der Waals surface area contributed by atoms with Crippen molar-refractivity contribution in [2.24, 2.45) is 4.99 Å². The first-order chi connectivity index (χ1) is 16.4. The van der Waals surface area contributed by atoms with E-state index < -0.39 is 5.54 Å². The van der Waals surface area contributed by atoms with Gasteiger partial charge in [-0.1, -0.05) is 18.2 Å². The number of aryl methyl sites for hydroxylation is 1. The molecule has 9 heteroatoms. The number of guanidine groups is 1. The molecule has 3 heterocycles. The molecule has 1 N–H and O–H groups in total. The van der Waals surface area contributed by atoms with Crippen LogP contribution in [0.25, 0.3) is 11.8 Å². The first-order valence-electron chi connectivity index (χ1n) is 10.8. The van der Waals surface area contributed by atoms with Crippen molar-refractivity contribution in [1.82, 2.24) is 19.4 Å². The summed E-state index contributed by atoms with van der Waals surface area (Å²) in [6.07, 6.45) is 5.31. The van der Waals surface area contributed by atoms with Crippen molar-refractivity contribution in [3.8, 4) is 11.4 Å². The number of nitrogens with zero attached hydrogens (tertiary/aromatic N) is 5. The van der Waals surface area contributed by atoms with E-state index in [1.54, 1.807) is 31.6 Å². The van der Waals surface area contributed by atoms with E-state index in [1.165, 1.54) is 17.0 Å². The molecule has 2 aliphatic heterocycles. The minimum atomic E-state index is -1.05. The SMILES string of the molecule is COc1cc(/C=C2\N=C3N(C)CC(CO)(c4ccc(F)cc4)N3C2=O)ccc1-n1cnc(C)c1. The Morgan fingerprint density at radius 2 is 2.00 bits per heavy atom. The predicted molar refractivity (Wildman–Crippen MR) is 125 cm³/mol. The second-order valence-corrected chi connectivity index (χ2v) is 8.49. The molecule has 8 nitrogen and oxygen atoms in total. The van der Waals surface area contributed by atoms with Crippen LogP contribution < -0.4 is 4.74 Å². The summed E-state index contributed by atoms with van der Waals surface area (Å²) < 4.78 is 21.0. The first kappa shape index (κ1) is 21.8. The van der Waals surface area contributed by atoms with E-state index in [9.17, 15) is 14.3 Å². The lowest BCUT2D eigenvalue weighted by Gasteiger charge is -2.33. The number of methoxy groups -OCH3 is 1. The lowest BCUT2D eigenvalue weighted by molar-refractivity contribution is -0.127. The van der Waals surface area contributed by atoms with Crippen LogP contribution in [0.4, 0.5) is 4.39 Å². The zero-order valence-electron chi connectivity index (χ0n) is 19.1. The number of aliphatic hydroxyl groups is 1. The number of hydrogen-bond donors (Lipinski definition) is 1. The molecule has 0 radical (unpaired) electrons. The van der Waals surface area contributed by atoms with Crippen LogP contribution in [0.15, 0.2) is 65.7 Å². The number of hydrogen-bond acceptors (Lipinski definition) is 6. The number of benzene rings is 2. The number of aromatic nitrogens is 2. The van der Waals surface area contributed by atoms with Crippen molar-refractivity contribution in [3.05, 3.63) is 83.3 Å². The molecule has 1 fully saturated rings. The monoisotopic (exact) mass is 461 g/mol. The second kappa shape index (κ2) is 8.11. The Morgan fingerprint density at radius 3 is 2.65 bits per heavy atom. The molecule has 0 bridgehead atoms. The third-order valence-electron chi connectivity index (χ3n) is 6.25. The van der Waals surface area contributed by atoms with Gasteiger partial charge in [0.25, 0.3) is 5.91 Å². The van der Waals surface area contributed by atoms with Crippen LogP contribution in [0, 0.1) is 12.7 Å². The number of imidazole rings is 1. The summed E-state index contributed by atoms with van der Waals surface area (Å²) in [5, 5.41) is 10.4. The minimum Gasteiger partial charge on any atom is -0.495 e. The molecule has 5 rings (SSSR count). The lowest BCUT2D eigenvalue weighted by atomic mass is 9.89. The molecule has 1 atom stereocenters. The zero-order chi connectivity index (χ0) is 24.0. The average Bonchev–Trinajstić information content (AvgIpc) is 3.49. The van der Waals surface area contributed by atoms with Crippen LogP contribution in [-0.4, -0.2) is 63.6 Å². The van der Waals surface area contributed by atoms with Gasteiger partial charge in [-0.25, -0.2) is 14.4 Å². The third kappa shape index (κ3) is 3.36. The summed E-state index contributed by atoms with van der Waals surface area (Å²) in [5.74, 6) is 0.366. The summed E-state index contributed by atoms with van der Waals surface area (Å²) >= 11 is 0. The second-order valence-electron chi connectivity index (χ2n) is 8.49. The number of amides is 1. The fraction of sp³-hybridized carbons (Fsp3) is 0.240. The highest BCUT2D eigenvalue weighted by Gasteiger charge is 2.54. The highest BCUT2D eigenvalue weighted by atomic mass is 19.1. The fourth-order valence-corrected chi connectivity index (χ4v) is 4.58. The van der Waals surface area contributed by atoms with E-state index in [4.69, 9.17) is 4.74 Å². The van der Waals surface area contributed by atoms with E-state index in [-0.39, 0.29) is 24.0 Å². The largest absolute Gasteiger partial charge is 0.495 e. The highest BCUT2D eigenvalue weighted by Crippen LogP contribution is 2.40. The molecule has 1 aromatic heterocycles. The summed E-state index contributed by atoms with van der Waals surface area (Å²) in [4.78, 5) is 25.6. The van der Waals surface area contributed by atoms with Crippen molar-refractivity contribution in [2.75, 3.05) is 27.3 Å². The molecule has 1 unspecified atom stereocenters. The normalized spacial score (nSPS) is 20.8. The number of carbonyl (C=O) groups is 1. The maximum atomic E-state index is 13.5. The molecule has 174 valence electrons. The van der Waals surface area contributed by atoms with E-state index in [0.29, 0.717) is 23.8 Å². The molecule has 0 saturated carbocycles. The van der Waals surface area contributed by atoms with E-state index >= 15 is 0 Å². The molecule has 1 amide bonds. The van der Waals surface area contributed by atoms with Crippen LogP contribution in [0.2, 0.25) is 0 Å². The van der Waals surface area contributed by atoms with Crippen LogP contribution >= 0.6 is 0 Å². The Kier molecular flexibility index (Phi) is 5.21. The van der Waals surface area contributed by atoms with Gasteiger partial charge in [0.15, 0.2) is 0 Å². The van der Waals surface area contributed by atoms with Gasteiger partial charge in [0, 0.05) is 13.2 Å². The lowest BCUT2D eigenvalue weighted by Crippen LogP contribution is -2.49. The molecular weight excluding hydrogens is 437 g/mol. The molecule has 2 aromatic carbocycles. The highest BCUT2D eigenvalue weighted by molar-refractivity contribution is 6.15. The Morgan fingerprint density at radius 1 is 1.24 bits per heavy atom. The summed E-state index contributed by atoms with van der Waals surface area (Å²) in [5.41, 5.74) is 2.29. The number of carbonyl (C=O) groups excluding carboxylic acids is 1. The van der Waals surface area contributed by atoms with E-state index in [1.807, 2.05) is 47.8 Å². The number of fused-ring (bicyclic) bond motifs is 1. The molecule has 0 spiro atoms. The predicted octanol–water partition coefficient (Wildman–Crippen LogP) is 2.70. The summed E-state index contributed by atoms with van der Waals surface area (Å²) in [6.45, 7) is 1.93.